The number of benzene rings is 3. The number of ether oxygens (including phenoxy) is 1. The van der Waals surface area contributed by atoms with Gasteiger partial charge in [-0.2, -0.15) is 0 Å². The number of rotatable bonds is 7. The monoisotopic (exact) mass is 375 g/mol. The Morgan fingerprint density at radius 3 is 2.07 bits per heavy atom. The van der Waals surface area contributed by atoms with E-state index in [2.05, 4.69) is 10.6 Å². The average molecular weight is 375 g/mol. The normalized spacial score (nSPS) is 11.3. The third kappa shape index (κ3) is 5.35. The number of urea groups is 1. The zero-order valence-corrected chi connectivity index (χ0v) is 15.2. The summed E-state index contributed by atoms with van der Waals surface area (Å²) in [6.07, 6.45) is 0. The van der Waals surface area contributed by atoms with E-state index in [4.69, 9.17) is 10.5 Å². The van der Waals surface area contributed by atoms with E-state index in [-0.39, 0.29) is 0 Å². The lowest BCUT2D eigenvalue weighted by molar-refractivity contribution is -0.120. The summed E-state index contributed by atoms with van der Waals surface area (Å²) in [4.78, 5) is 23.5. The molecular weight excluding hydrogens is 354 g/mol. The van der Waals surface area contributed by atoms with Crippen LogP contribution >= 0.6 is 0 Å². The van der Waals surface area contributed by atoms with Gasteiger partial charge in [-0.3, -0.25) is 10.1 Å². The maximum atomic E-state index is 12.4. The Hall–Kier alpha value is -3.80. The van der Waals surface area contributed by atoms with E-state index in [1.54, 1.807) is 12.1 Å². The van der Waals surface area contributed by atoms with Gasteiger partial charge >= 0.3 is 6.03 Å². The van der Waals surface area contributed by atoms with E-state index in [1.165, 1.54) is 0 Å². The van der Waals surface area contributed by atoms with Gasteiger partial charge in [0.05, 0.1) is 0 Å². The molecule has 3 aromatic carbocycles. The van der Waals surface area contributed by atoms with Gasteiger partial charge in [0.25, 0.3) is 5.91 Å². The molecule has 3 amide bonds. The largest absolute Gasteiger partial charge is 0.489 e. The van der Waals surface area contributed by atoms with Gasteiger partial charge in [-0.05, 0) is 35.4 Å². The summed E-state index contributed by atoms with van der Waals surface area (Å²) in [6.45, 7) is 0.473. The molecule has 3 rings (SSSR count). The van der Waals surface area contributed by atoms with Crippen LogP contribution in [0.2, 0.25) is 0 Å². The second kappa shape index (κ2) is 9.23. The van der Waals surface area contributed by atoms with Crippen molar-refractivity contribution in [2.45, 2.75) is 12.6 Å². The molecule has 28 heavy (non-hydrogen) atoms. The lowest BCUT2D eigenvalue weighted by Gasteiger charge is -2.19. The zero-order valence-electron chi connectivity index (χ0n) is 15.2. The van der Waals surface area contributed by atoms with Gasteiger partial charge in [0.2, 0.25) is 0 Å². The minimum atomic E-state index is -0.891. The first kappa shape index (κ1) is 19.0. The maximum absolute atomic E-state index is 12.4. The fraction of sp³-hybridized carbons (Fsp3) is 0.0909. The van der Waals surface area contributed by atoms with Crippen LogP contribution < -0.4 is 21.1 Å². The van der Waals surface area contributed by atoms with Gasteiger partial charge in [0, 0.05) is 5.69 Å². The van der Waals surface area contributed by atoms with Crippen molar-refractivity contribution in [3.63, 3.8) is 0 Å². The van der Waals surface area contributed by atoms with Crippen molar-refractivity contribution in [2.75, 3.05) is 5.32 Å². The molecule has 6 nitrogen and oxygen atoms in total. The minimum absolute atomic E-state index is 0.473. The number of carbonyl (C=O) groups is 2. The van der Waals surface area contributed by atoms with Crippen LogP contribution in [0.1, 0.15) is 17.2 Å². The van der Waals surface area contributed by atoms with Crippen LogP contribution in [0.5, 0.6) is 5.75 Å². The number of nitrogens with two attached hydrogens (primary N) is 1. The third-order valence-corrected chi connectivity index (χ3v) is 4.06. The number of hydrogen-bond donors (Lipinski definition) is 3. The van der Waals surface area contributed by atoms with Crippen LogP contribution in [-0.4, -0.2) is 11.9 Å². The molecule has 0 spiro atoms. The molecule has 0 fully saturated rings. The highest BCUT2D eigenvalue weighted by molar-refractivity contribution is 5.98. The fourth-order valence-corrected chi connectivity index (χ4v) is 2.69. The Morgan fingerprint density at radius 2 is 1.46 bits per heavy atom. The van der Waals surface area contributed by atoms with Gasteiger partial charge in [-0.15, -0.1) is 0 Å². The Bertz CT molecular complexity index is 913. The molecule has 0 aliphatic carbocycles. The summed E-state index contributed by atoms with van der Waals surface area (Å²) in [7, 11) is 0. The summed E-state index contributed by atoms with van der Waals surface area (Å²) in [5, 5.41) is 5.25. The van der Waals surface area contributed by atoms with E-state index < -0.39 is 18.0 Å². The minimum Gasteiger partial charge on any atom is -0.489 e. The van der Waals surface area contributed by atoms with Crippen molar-refractivity contribution < 1.29 is 14.3 Å². The number of imide groups is 1. The standard InChI is InChI=1S/C22H21N3O3/c23-22(27)25-21(26)20(17-9-5-2-6-10-17)24-18-11-13-19(14-12-18)28-15-16-7-3-1-4-8-16/h1-14,20,24H,15H2,(H3,23,25,26,27)/t20-/m0/s1. The molecule has 6 heteroatoms. The van der Waals surface area contributed by atoms with Crippen LogP contribution in [0.3, 0.4) is 0 Å². The van der Waals surface area contributed by atoms with Gasteiger partial charge in [0.15, 0.2) is 0 Å². The molecule has 0 radical (unpaired) electrons. The zero-order chi connectivity index (χ0) is 19.8. The SMILES string of the molecule is NC(=O)NC(=O)[C@@H](Nc1ccc(OCc2ccccc2)cc1)c1ccccc1. The third-order valence-electron chi connectivity index (χ3n) is 4.06. The Labute approximate surface area is 163 Å². The Morgan fingerprint density at radius 1 is 0.857 bits per heavy atom. The van der Waals surface area contributed by atoms with E-state index in [9.17, 15) is 9.59 Å². The molecule has 0 aromatic heterocycles. The fourth-order valence-electron chi connectivity index (χ4n) is 2.69. The quantitative estimate of drug-likeness (QED) is 0.588. The van der Waals surface area contributed by atoms with Crippen molar-refractivity contribution in [1.82, 2.24) is 5.32 Å². The van der Waals surface area contributed by atoms with Crippen molar-refractivity contribution in [1.29, 1.82) is 0 Å². The number of amides is 3. The Kier molecular flexibility index (Phi) is 6.25. The predicted molar refractivity (Wildman–Crippen MR) is 108 cm³/mol. The second-order valence-corrected chi connectivity index (χ2v) is 6.14. The maximum Gasteiger partial charge on any atom is 0.318 e. The van der Waals surface area contributed by atoms with E-state index in [0.717, 1.165) is 5.56 Å². The van der Waals surface area contributed by atoms with Crippen LogP contribution in [0.15, 0.2) is 84.9 Å². The highest BCUT2D eigenvalue weighted by atomic mass is 16.5. The molecule has 0 heterocycles. The second-order valence-electron chi connectivity index (χ2n) is 6.14. The van der Waals surface area contributed by atoms with Crippen LogP contribution in [0.4, 0.5) is 10.5 Å². The van der Waals surface area contributed by atoms with Gasteiger partial charge in [0.1, 0.15) is 18.4 Å². The molecule has 0 unspecified atom stereocenters. The molecule has 142 valence electrons. The van der Waals surface area contributed by atoms with Gasteiger partial charge in [-0.25, -0.2) is 4.79 Å². The highest BCUT2D eigenvalue weighted by Gasteiger charge is 2.21. The van der Waals surface area contributed by atoms with Crippen molar-refractivity contribution in [3.05, 3.63) is 96.1 Å². The lowest BCUT2D eigenvalue weighted by Crippen LogP contribution is -2.40. The molecule has 1 atom stereocenters. The summed E-state index contributed by atoms with van der Waals surface area (Å²) < 4.78 is 5.77. The van der Waals surface area contributed by atoms with Gasteiger partial charge in [-0.1, -0.05) is 60.7 Å². The van der Waals surface area contributed by atoms with Crippen LogP contribution in [0.25, 0.3) is 0 Å². The number of nitrogens with one attached hydrogen (secondary N) is 2. The number of hydrogen-bond acceptors (Lipinski definition) is 4. The topological polar surface area (TPSA) is 93.5 Å². The molecule has 0 aliphatic heterocycles. The average Bonchev–Trinajstić information content (AvgIpc) is 2.72. The first-order chi connectivity index (χ1) is 13.6. The van der Waals surface area contributed by atoms with Crippen molar-refractivity contribution >= 4 is 17.6 Å². The molecule has 0 bridgehead atoms. The molecule has 0 aliphatic rings. The predicted octanol–water partition coefficient (Wildman–Crippen LogP) is 3.61. The summed E-state index contributed by atoms with van der Waals surface area (Å²) in [5.74, 6) is 0.190. The van der Waals surface area contributed by atoms with Crippen LogP contribution in [0, 0.1) is 0 Å². The van der Waals surface area contributed by atoms with Crippen LogP contribution in [-0.2, 0) is 11.4 Å². The molecule has 4 N–H and O–H groups in total. The smallest absolute Gasteiger partial charge is 0.318 e. The van der Waals surface area contributed by atoms with Crippen molar-refractivity contribution in [2.24, 2.45) is 5.73 Å². The molecular formula is C22H21N3O3. The summed E-state index contributed by atoms with van der Waals surface area (Å²) >= 11 is 0. The first-order valence-corrected chi connectivity index (χ1v) is 8.80. The number of carbonyl (C=O) groups excluding carboxylic acids is 2. The van der Waals surface area contributed by atoms with Gasteiger partial charge < -0.3 is 15.8 Å². The highest BCUT2D eigenvalue weighted by Crippen LogP contribution is 2.22. The van der Waals surface area contributed by atoms with E-state index in [0.29, 0.717) is 23.6 Å². The molecule has 3 aromatic rings. The summed E-state index contributed by atoms with van der Waals surface area (Å²) in [5.41, 5.74) is 7.59. The lowest BCUT2D eigenvalue weighted by atomic mass is 10.1. The number of anilines is 1. The molecule has 0 saturated heterocycles. The number of primary amides is 1. The summed E-state index contributed by atoms with van der Waals surface area (Å²) in [6, 6.07) is 24.6. The first-order valence-electron chi connectivity index (χ1n) is 8.80. The van der Waals surface area contributed by atoms with E-state index in [1.807, 2.05) is 72.8 Å². The van der Waals surface area contributed by atoms with E-state index >= 15 is 0 Å². The Balaban J connectivity index is 1.68. The molecule has 0 saturated carbocycles. The van der Waals surface area contributed by atoms with Crippen molar-refractivity contribution in [3.8, 4) is 5.75 Å².